The molecule has 146 valence electrons. The van der Waals surface area contributed by atoms with Gasteiger partial charge in [0.25, 0.3) is 5.56 Å². The van der Waals surface area contributed by atoms with Gasteiger partial charge in [-0.05, 0) is 36.6 Å². The lowest BCUT2D eigenvalue weighted by molar-refractivity contribution is -0.117. The van der Waals surface area contributed by atoms with Crippen LogP contribution >= 0.6 is 11.3 Å². The summed E-state index contributed by atoms with van der Waals surface area (Å²) in [5.74, 6) is -0.629. The first-order chi connectivity index (χ1) is 14.0. The zero-order valence-electron chi connectivity index (χ0n) is 15.7. The van der Waals surface area contributed by atoms with Gasteiger partial charge in [-0.1, -0.05) is 42.5 Å². The highest BCUT2D eigenvalue weighted by Gasteiger charge is 2.17. The van der Waals surface area contributed by atoms with Crippen molar-refractivity contribution in [3.05, 3.63) is 87.5 Å². The topological polar surface area (TPSA) is 64.0 Å². The molecule has 2 aromatic heterocycles. The molecule has 29 heavy (non-hydrogen) atoms. The number of thiophene rings is 1. The minimum atomic E-state index is -0.315. The smallest absolute Gasteiger partial charge is 0.273 e. The van der Waals surface area contributed by atoms with Crippen LogP contribution in [0.1, 0.15) is 16.9 Å². The Balaban J connectivity index is 1.60. The first-order valence-corrected chi connectivity index (χ1v) is 9.95. The molecule has 5 nitrogen and oxygen atoms in total. The van der Waals surface area contributed by atoms with Gasteiger partial charge in [-0.3, -0.25) is 15.0 Å². The van der Waals surface area contributed by atoms with Crippen LogP contribution in [-0.4, -0.2) is 15.6 Å². The van der Waals surface area contributed by atoms with E-state index in [1.165, 1.54) is 29.8 Å². The van der Waals surface area contributed by atoms with E-state index in [9.17, 15) is 14.0 Å². The van der Waals surface area contributed by atoms with E-state index in [0.717, 1.165) is 26.2 Å². The van der Waals surface area contributed by atoms with E-state index in [-0.39, 0.29) is 23.7 Å². The third kappa shape index (κ3) is 3.95. The van der Waals surface area contributed by atoms with Crippen LogP contribution in [0.5, 0.6) is 0 Å². The molecular formula is C22H18FN3O2S. The number of carbonyl (C=O) groups excluding carboxylic acids is 1. The Morgan fingerprint density at radius 2 is 1.86 bits per heavy atom. The van der Waals surface area contributed by atoms with Gasteiger partial charge in [-0.15, -0.1) is 11.3 Å². The number of carbonyl (C=O) groups is 1. The maximum Gasteiger partial charge on any atom is 0.281 e. The molecule has 2 aromatic carbocycles. The van der Waals surface area contributed by atoms with Crippen molar-refractivity contribution >= 4 is 27.5 Å². The van der Waals surface area contributed by atoms with Crippen LogP contribution in [0.25, 0.3) is 21.3 Å². The monoisotopic (exact) mass is 407 g/mol. The summed E-state index contributed by atoms with van der Waals surface area (Å²) in [4.78, 5) is 31.4. The number of hydrogen-bond acceptors (Lipinski definition) is 4. The average molecular weight is 407 g/mol. The fourth-order valence-electron chi connectivity index (χ4n) is 3.23. The van der Waals surface area contributed by atoms with Crippen LogP contribution in [0.15, 0.2) is 65.7 Å². The Labute approximate surface area is 170 Å². The van der Waals surface area contributed by atoms with Crippen molar-refractivity contribution in [2.75, 3.05) is 5.43 Å². The molecule has 1 N–H and O–H groups in total. The quantitative estimate of drug-likeness (QED) is 0.537. The van der Waals surface area contributed by atoms with Gasteiger partial charge >= 0.3 is 0 Å². The molecule has 0 radical (unpaired) electrons. The molecule has 0 aliphatic rings. The zero-order chi connectivity index (χ0) is 20.4. The summed E-state index contributed by atoms with van der Waals surface area (Å²) < 4.78 is 14.1. The van der Waals surface area contributed by atoms with Crippen LogP contribution in [0, 0.1) is 12.7 Å². The molecule has 0 spiro atoms. The number of hydrogen-bond donors (Lipinski definition) is 1. The van der Waals surface area contributed by atoms with Gasteiger partial charge < -0.3 is 0 Å². The molecule has 1 amide bonds. The predicted octanol–water partition coefficient (Wildman–Crippen LogP) is 4.28. The molecule has 0 fully saturated rings. The van der Waals surface area contributed by atoms with Crippen molar-refractivity contribution in [3.8, 4) is 11.1 Å². The second-order valence-electron chi connectivity index (χ2n) is 6.66. The highest BCUT2D eigenvalue weighted by molar-refractivity contribution is 7.19. The minimum absolute atomic E-state index is 0.171. The number of aromatic nitrogens is 2. The molecule has 0 aliphatic heterocycles. The second kappa shape index (κ2) is 7.97. The molecule has 0 saturated carbocycles. The molecule has 4 rings (SSSR count). The lowest BCUT2D eigenvalue weighted by Crippen LogP contribution is -2.33. The van der Waals surface area contributed by atoms with Crippen molar-refractivity contribution in [1.29, 1.82) is 0 Å². The third-order valence-corrected chi connectivity index (χ3v) is 5.66. The van der Waals surface area contributed by atoms with Gasteiger partial charge in [-0.2, -0.15) is 0 Å². The average Bonchev–Trinajstić information content (AvgIpc) is 3.07. The summed E-state index contributed by atoms with van der Waals surface area (Å²) in [7, 11) is 0. The van der Waals surface area contributed by atoms with Gasteiger partial charge in [-0.25, -0.2) is 14.1 Å². The van der Waals surface area contributed by atoms with Crippen LogP contribution in [0.3, 0.4) is 0 Å². The highest BCUT2D eigenvalue weighted by Crippen LogP contribution is 2.35. The standard InChI is InChI=1S/C22H18FN3O2S/c1-14-19(16-5-3-2-4-6-16)20-21(29-14)24-13-26(22(20)28)25-18(27)12-9-15-7-10-17(23)11-8-15/h2-8,10-11,13H,9,12H2,1H3,(H,25,27). The van der Waals surface area contributed by atoms with E-state index >= 15 is 0 Å². The number of benzene rings is 2. The first-order valence-electron chi connectivity index (χ1n) is 9.13. The van der Waals surface area contributed by atoms with Crippen LogP contribution in [0.4, 0.5) is 4.39 Å². The predicted molar refractivity (Wildman–Crippen MR) is 113 cm³/mol. The maximum absolute atomic E-state index is 13.1. The van der Waals surface area contributed by atoms with Crippen molar-refractivity contribution in [1.82, 2.24) is 9.66 Å². The molecule has 0 bridgehead atoms. The Morgan fingerprint density at radius 1 is 1.14 bits per heavy atom. The number of aryl methyl sites for hydroxylation is 2. The summed E-state index contributed by atoms with van der Waals surface area (Å²) in [6, 6.07) is 15.7. The van der Waals surface area contributed by atoms with Gasteiger partial charge in [0.1, 0.15) is 17.0 Å². The lowest BCUT2D eigenvalue weighted by Gasteiger charge is -2.08. The second-order valence-corrected chi connectivity index (χ2v) is 7.86. The fourth-order valence-corrected chi connectivity index (χ4v) is 4.24. The number of halogens is 1. The van der Waals surface area contributed by atoms with Crippen LogP contribution in [-0.2, 0) is 11.2 Å². The normalized spacial score (nSPS) is 11.0. The van der Waals surface area contributed by atoms with Crippen LogP contribution < -0.4 is 11.0 Å². The van der Waals surface area contributed by atoms with Crippen molar-refractivity contribution < 1.29 is 9.18 Å². The number of fused-ring (bicyclic) bond motifs is 1. The summed E-state index contributed by atoms with van der Waals surface area (Å²) in [5, 5.41) is 0.500. The van der Waals surface area contributed by atoms with Gasteiger partial charge in [0.2, 0.25) is 5.91 Å². The summed E-state index contributed by atoms with van der Waals surface area (Å²) >= 11 is 1.46. The Kier molecular flexibility index (Phi) is 5.22. The van der Waals surface area contributed by atoms with Gasteiger partial charge in [0, 0.05) is 16.9 Å². The van der Waals surface area contributed by atoms with E-state index in [0.29, 0.717) is 16.6 Å². The number of rotatable bonds is 5. The molecule has 2 heterocycles. The third-order valence-electron chi connectivity index (χ3n) is 4.65. The number of nitrogens with zero attached hydrogens (tertiary/aromatic N) is 2. The van der Waals surface area contributed by atoms with Gasteiger partial charge in [0.15, 0.2) is 0 Å². The molecule has 7 heteroatoms. The Hall–Kier alpha value is -3.32. The van der Waals surface area contributed by atoms with E-state index in [4.69, 9.17) is 0 Å². The highest BCUT2D eigenvalue weighted by atomic mass is 32.1. The first kappa shape index (κ1) is 19.0. The molecule has 0 atom stereocenters. The zero-order valence-corrected chi connectivity index (χ0v) is 16.5. The van der Waals surface area contributed by atoms with Crippen molar-refractivity contribution in [3.63, 3.8) is 0 Å². The van der Waals surface area contributed by atoms with E-state index in [2.05, 4.69) is 10.4 Å². The molecule has 4 aromatic rings. The number of nitrogens with one attached hydrogen (secondary N) is 1. The van der Waals surface area contributed by atoms with Crippen molar-refractivity contribution in [2.45, 2.75) is 19.8 Å². The van der Waals surface area contributed by atoms with Gasteiger partial charge in [0.05, 0.1) is 5.39 Å². The molecular weight excluding hydrogens is 389 g/mol. The summed E-state index contributed by atoms with van der Waals surface area (Å²) in [5.41, 5.74) is 4.93. The van der Waals surface area contributed by atoms with E-state index < -0.39 is 0 Å². The molecule has 0 aliphatic carbocycles. The molecule has 0 unspecified atom stereocenters. The summed E-state index contributed by atoms with van der Waals surface area (Å²) in [6.45, 7) is 1.96. The Bertz CT molecular complexity index is 1230. The SMILES string of the molecule is Cc1sc2ncn(NC(=O)CCc3ccc(F)cc3)c(=O)c2c1-c1ccccc1. The largest absolute Gasteiger partial charge is 0.281 e. The fraction of sp³-hybridized carbons (Fsp3) is 0.136. The van der Waals surface area contributed by atoms with E-state index in [1.807, 2.05) is 37.3 Å². The minimum Gasteiger partial charge on any atom is -0.273 e. The lowest BCUT2D eigenvalue weighted by atomic mass is 10.0. The summed E-state index contributed by atoms with van der Waals surface area (Å²) in [6.07, 6.45) is 1.96. The van der Waals surface area contributed by atoms with E-state index in [1.54, 1.807) is 12.1 Å². The maximum atomic E-state index is 13.1. The van der Waals surface area contributed by atoms with Crippen molar-refractivity contribution in [2.24, 2.45) is 0 Å². The number of amides is 1. The molecule has 0 saturated heterocycles. The Morgan fingerprint density at radius 3 is 2.59 bits per heavy atom. The van der Waals surface area contributed by atoms with Crippen LogP contribution in [0.2, 0.25) is 0 Å².